The van der Waals surface area contributed by atoms with Crippen molar-refractivity contribution < 1.29 is 43.0 Å². The molecule has 0 heterocycles. The summed E-state index contributed by atoms with van der Waals surface area (Å²) in [7, 11) is -4.54. The molecule has 0 spiro atoms. The van der Waals surface area contributed by atoms with Gasteiger partial charge in [0.2, 0.25) is 0 Å². The molecule has 0 aliphatic heterocycles. The van der Waals surface area contributed by atoms with Crippen molar-refractivity contribution in [1.29, 1.82) is 0 Å². The van der Waals surface area contributed by atoms with Gasteiger partial charge in [0.25, 0.3) is 0 Å². The molecule has 0 saturated carbocycles. The van der Waals surface area contributed by atoms with Gasteiger partial charge in [-0.2, -0.15) is 0 Å². The Labute approximate surface area is 309 Å². The van der Waals surface area contributed by atoms with E-state index in [0.29, 0.717) is 19.4 Å². The van der Waals surface area contributed by atoms with E-state index in [0.717, 1.165) is 77.0 Å². The highest BCUT2D eigenvalue weighted by Crippen LogP contribution is 2.43. The van der Waals surface area contributed by atoms with E-state index in [2.05, 4.69) is 92.8 Å². The molecule has 51 heavy (non-hydrogen) atoms. The Morgan fingerprint density at radius 1 is 0.627 bits per heavy atom. The summed E-state index contributed by atoms with van der Waals surface area (Å²) in [5.41, 5.74) is 0. The Morgan fingerprint density at radius 3 is 1.69 bits per heavy atom. The quantitative estimate of drug-likeness (QED) is 0.0252. The summed E-state index contributed by atoms with van der Waals surface area (Å²) in [6.07, 6.45) is 44.2. The topological polar surface area (TPSA) is 132 Å². The fourth-order valence-corrected chi connectivity index (χ4v) is 5.22. The van der Waals surface area contributed by atoms with E-state index in [1.807, 2.05) is 6.08 Å². The molecule has 0 aliphatic rings. The maximum absolute atomic E-state index is 12.5. The van der Waals surface area contributed by atoms with E-state index in [4.69, 9.17) is 23.6 Å². The van der Waals surface area contributed by atoms with E-state index in [1.54, 1.807) is 0 Å². The molecular formula is C41H69O9P. The van der Waals surface area contributed by atoms with Crippen molar-refractivity contribution in [3.8, 4) is 0 Å². The van der Waals surface area contributed by atoms with Gasteiger partial charge in [0, 0.05) is 6.42 Å². The SMILES string of the molecule is CC/C=C\C/C=C\C/C=C\C/C=C\C/C=C\CCOCC(COP(=O)(O)OCC(O)CO)OC(=O)CCCCCCC/C=C\C/C=C\CCCC. The molecule has 0 aromatic carbocycles. The number of phosphoric acid groups is 1. The number of unbranched alkanes of at least 4 members (excludes halogenated alkanes) is 7. The predicted molar refractivity (Wildman–Crippen MR) is 209 cm³/mol. The zero-order valence-corrected chi connectivity index (χ0v) is 32.4. The standard InChI is InChI=1S/C41H69O9P/c1-3-5-7-9-11-13-15-17-19-20-22-24-26-28-30-32-34-47-37-40(38-49-51(45,46)48-36-39(43)35-42)50-41(44)33-31-29-27-25-23-21-18-16-14-12-10-8-6-4-2/h5,7,10-13,16-19,22,24,28,30,39-40,42-43H,3-4,6,8-9,14-15,20-21,23,25-27,29,31-38H2,1-2H3,(H,45,46)/b7-5-,12-10-,13-11-,18-16-,19-17-,24-22-,30-28-. The first kappa shape index (κ1) is 48.6. The lowest BCUT2D eigenvalue weighted by Gasteiger charge is -2.20. The summed E-state index contributed by atoms with van der Waals surface area (Å²) in [5.74, 6) is -0.427. The molecule has 3 atom stereocenters. The zero-order valence-electron chi connectivity index (χ0n) is 31.5. The maximum Gasteiger partial charge on any atom is 0.472 e. The van der Waals surface area contributed by atoms with E-state index >= 15 is 0 Å². The van der Waals surface area contributed by atoms with Crippen LogP contribution in [0.1, 0.15) is 123 Å². The van der Waals surface area contributed by atoms with Gasteiger partial charge in [0.05, 0.1) is 33.0 Å². The largest absolute Gasteiger partial charge is 0.472 e. The molecule has 0 fully saturated rings. The molecule has 292 valence electrons. The average Bonchev–Trinajstić information content (AvgIpc) is 3.12. The van der Waals surface area contributed by atoms with Crippen LogP contribution in [0.25, 0.3) is 0 Å². The van der Waals surface area contributed by atoms with Crippen LogP contribution < -0.4 is 0 Å². The van der Waals surface area contributed by atoms with Crippen molar-refractivity contribution in [3.05, 3.63) is 85.1 Å². The first-order chi connectivity index (χ1) is 24.8. The van der Waals surface area contributed by atoms with E-state index in [1.165, 1.54) is 12.8 Å². The zero-order chi connectivity index (χ0) is 37.5. The average molecular weight is 737 g/mol. The van der Waals surface area contributed by atoms with Crippen LogP contribution in [-0.4, -0.2) is 66.3 Å². The molecule has 0 aromatic rings. The van der Waals surface area contributed by atoms with Crippen molar-refractivity contribution in [3.63, 3.8) is 0 Å². The van der Waals surface area contributed by atoms with Crippen molar-refractivity contribution >= 4 is 13.8 Å². The van der Waals surface area contributed by atoms with Gasteiger partial charge < -0.3 is 24.6 Å². The molecule has 3 unspecified atom stereocenters. The van der Waals surface area contributed by atoms with Gasteiger partial charge in [-0.1, -0.05) is 131 Å². The van der Waals surface area contributed by atoms with Crippen LogP contribution in [0.15, 0.2) is 85.1 Å². The summed E-state index contributed by atoms with van der Waals surface area (Å²) < 4.78 is 33.1. The number of hydrogen-bond donors (Lipinski definition) is 3. The van der Waals surface area contributed by atoms with Gasteiger partial charge in [-0.3, -0.25) is 13.8 Å². The van der Waals surface area contributed by atoms with Gasteiger partial charge in [-0.05, 0) is 70.6 Å². The van der Waals surface area contributed by atoms with E-state index in [9.17, 15) is 19.4 Å². The fraction of sp³-hybridized carbons (Fsp3) is 0.634. The van der Waals surface area contributed by atoms with Crippen LogP contribution >= 0.6 is 7.82 Å². The van der Waals surface area contributed by atoms with Crippen molar-refractivity contribution in [2.24, 2.45) is 0 Å². The highest BCUT2D eigenvalue weighted by atomic mass is 31.2. The minimum absolute atomic E-state index is 0.0161. The third kappa shape index (κ3) is 37.2. The molecule has 0 aromatic heterocycles. The molecular weight excluding hydrogens is 667 g/mol. The first-order valence-electron chi connectivity index (χ1n) is 19.1. The number of carbonyl (C=O) groups excluding carboxylic acids is 1. The lowest BCUT2D eigenvalue weighted by molar-refractivity contribution is -0.154. The van der Waals surface area contributed by atoms with Gasteiger partial charge in [-0.25, -0.2) is 4.57 Å². The lowest BCUT2D eigenvalue weighted by atomic mass is 10.1. The predicted octanol–water partition coefficient (Wildman–Crippen LogP) is 9.97. The number of esters is 1. The van der Waals surface area contributed by atoms with Crippen LogP contribution in [-0.2, 0) is 27.9 Å². The molecule has 0 saturated heterocycles. The number of ether oxygens (including phenoxy) is 2. The van der Waals surface area contributed by atoms with Crippen LogP contribution in [0, 0.1) is 0 Å². The number of aliphatic hydroxyl groups is 2. The summed E-state index contributed by atoms with van der Waals surface area (Å²) in [5, 5.41) is 18.3. The summed E-state index contributed by atoms with van der Waals surface area (Å²) >= 11 is 0. The molecule has 0 radical (unpaired) electrons. The van der Waals surface area contributed by atoms with Gasteiger partial charge in [0.1, 0.15) is 12.2 Å². The summed E-state index contributed by atoms with van der Waals surface area (Å²) in [6.45, 7) is 3.07. The minimum atomic E-state index is -4.54. The molecule has 9 nitrogen and oxygen atoms in total. The third-order valence-corrected chi connectivity index (χ3v) is 8.29. The van der Waals surface area contributed by atoms with E-state index in [-0.39, 0.29) is 13.0 Å². The van der Waals surface area contributed by atoms with Crippen LogP contribution in [0.5, 0.6) is 0 Å². The van der Waals surface area contributed by atoms with Gasteiger partial charge in [0.15, 0.2) is 0 Å². The molecule has 0 amide bonds. The maximum atomic E-state index is 12.5. The highest BCUT2D eigenvalue weighted by molar-refractivity contribution is 7.47. The second-order valence-electron chi connectivity index (χ2n) is 12.2. The van der Waals surface area contributed by atoms with Crippen LogP contribution in [0.2, 0.25) is 0 Å². The first-order valence-corrected chi connectivity index (χ1v) is 20.6. The number of rotatable bonds is 35. The Bertz CT molecular complexity index is 1060. The molecule has 10 heteroatoms. The van der Waals surface area contributed by atoms with Gasteiger partial charge >= 0.3 is 13.8 Å². The number of phosphoric ester groups is 1. The molecule has 3 N–H and O–H groups in total. The molecule has 0 rings (SSSR count). The van der Waals surface area contributed by atoms with Crippen molar-refractivity contribution in [2.75, 3.05) is 33.0 Å². The van der Waals surface area contributed by atoms with E-state index < -0.39 is 45.8 Å². The third-order valence-electron chi connectivity index (χ3n) is 7.33. The normalized spacial score (nSPS) is 15.2. The smallest absolute Gasteiger partial charge is 0.457 e. The van der Waals surface area contributed by atoms with Crippen LogP contribution in [0.4, 0.5) is 0 Å². The number of carbonyl (C=O) groups is 1. The Kier molecular flexibility index (Phi) is 35.7. The monoisotopic (exact) mass is 736 g/mol. The Hall–Kier alpha value is -2.36. The van der Waals surface area contributed by atoms with Crippen molar-refractivity contribution in [2.45, 2.75) is 135 Å². The lowest BCUT2D eigenvalue weighted by Crippen LogP contribution is -2.29. The number of hydrogen-bond acceptors (Lipinski definition) is 8. The molecule has 0 aliphatic carbocycles. The summed E-state index contributed by atoms with van der Waals surface area (Å²) in [6, 6.07) is 0. The highest BCUT2D eigenvalue weighted by Gasteiger charge is 2.26. The van der Waals surface area contributed by atoms with Crippen molar-refractivity contribution in [1.82, 2.24) is 0 Å². The second-order valence-corrected chi connectivity index (χ2v) is 13.7. The Balaban J connectivity index is 4.41. The fourth-order valence-electron chi connectivity index (χ4n) is 4.43. The summed E-state index contributed by atoms with van der Waals surface area (Å²) in [4.78, 5) is 22.5. The Morgan fingerprint density at radius 2 is 1.12 bits per heavy atom. The number of allylic oxidation sites excluding steroid dienone is 13. The molecule has 0 bridgehead atoms. The van der Waals surface area contributed by atoms with Crippen LogP contribution in [0.3, 0.4) is 0 Å². The minimum Gasteiger partial charge on any atom is -0.457 e. The van der Waals surface area contributed by atoms with Gasteiger partial charge in [-0.15, -0.1) is 0 Å². The number of aliphatic hydroxyl groups excluding tert-OH is 2. The second kappa shape index (κ2) is 37.4.